The summed E-state index contributed by atoms with van der Waals surface area (Å²) in [5.74, 6) is 0.477. The first-order valence-electron chi connectivity index (χ1n) is 5.80. The lowest BCUT2D eigenvalue weighted by Crippen LogP contribution is -2.11. The highest BCUT2D eigenvalue weighted by Crippen LogP contribution is 2.31. The summed E-state index contributed by atoms with van der Waals surface area (Å²) in [6.45, 7) is 0.508. The minimum atomic E-state index is -0.394. The van der Waals surface area contributed by atoms with Crippen molar-refractivity contribution in [3.05, 3.63) is 44.9 Å². The van der Waals surface area contributed by atoms with E-state index in [1.54, 1.807) is 12.3 Å². The van der Waals surface area contributed by atoms with Gasteiger partial charge in [-0.05, 0) is 28.1 Å². The third-order valence-electron chi connectivity index (χ3n) is 2.80. The van der Waals surface area contributed by atoms with Crippen molar-refractivity contribution < 1.29 is 9.53 Å². The molecule has 0 atom stereocenters. The first-order chi connectivity index (χ1) is 9.52. The second-order valence-electron chi connectivity index (χ2n) is 4.11. The number of aryl methyl sites for hydroxylation is 1. The van der Waals surface area contributed by atoms with Crippen LogP contribution in [0.1, 0.15) is 16.2 Å². The lowest BCUT2D eigenvalue weighted by Gasteiger charge is -2.13. The number of halogens is 2. The van der Waals surface area contributed by atoms with Gasteiger partial charge in [0.15, 0.2) is 0 Å². The average Bonchev–Trinajstić information content (AvgIpc) is 2.81. The van der Waals surface area contributed by atoms with Gasteiger partial charge in [0.05, 0.1) is 24.9 Å². The van der Waals surface area contributed by atoms with Gasteiger partial charge in [-0.25, -0.2) is 9.78 Å². The standard InChI is InChI=1S/C13H13Br2N3O2/c1-18-4-3-16-11(18)7-17-12-9(13(19)20-2)5-8(14)6-10(12)15/h3-6,17H,7H2,1-2H3. The summed E-state index contributed by atoms with van der Waals surface area (Å²) in [6.07, 6.45) is 3.60. The molecular weight excluding hydrogens is 390 g/mol. The smallest absolute Gasteiger partial charge is 0.340 e. The highest BCUT2D eigenvalue weighted by Gasteiger charge is 2.16. The fourth-order valence-electron chi connectivity index (χ4n) is 1.76. The predicted octanol–water partition coefficient (Wildman–Crippen LogP) is 3.34. The Morgan fingerprint density at radius 1 is 1.45 bits per heavy atom. The van der Waals surface area contributed by atoms with Crippen LogP contribution in [-0.2, 0) is 18.3 Å². The summed E-state index contributed by atoms with van der Waals surface area (Å²) in [4.78, 5) is 16.1. The predicted molar refractivity (Wildman–Crippen MR) is 83.7 cm³/mol. The van der Waals surface area contributed by atoms with Crippen molar-refractivity contribution in [2.75, 3.05) is 12.4 Å². The normalized spacial score (nSPS) is 10.4. The number of nitrogens with zero attached hydrogens (tertiary/aromatic N) is 2. The molecule has 0 bridgehead atoms. The fraction of sp³-hybridized carbons (Fsp3) is 0.231. The maximum Gasteiger partial charge on any atom is 0.340 e. The lowest BCUT2D eigenvalue weighted by molar-refractivity contribution is 0.0601. The van der Waals surface area contributed by atoms with Crippen molar-refractivity contribution in [1.82, 2.24) is 9.55 Å². The van der Waals surface area contributed by atoms with Gasteiger partial charge in [-0.3, -0.25) is 0 Å². The average molecular weight is 403 g/mol. The maximum atomic E-state index is 11.8. The first-order valence-corrected chi connectivity index (χ1v) is 7.39. The molecule has 0 saturated carbocycles. The lowest BCUT2D eigenvalue weighted by atomic mass is 10.2. The molecule has 1 N–H and O–H groups in total. The largest absolute Gasteiger partial charge is 0.465 e. The van der Waals surface area contributed by atoms with Crippen LogP contribution in [0.3, 0.4) is 0 Å². The fourth-order valence-corrected chi connectivity index (χ4v) is 3.12. The number of hydrogen-bond donors (Lipinski definition) is 1. The Bertz CT molecular complexity index is 641. The number of nitrogens with one attached hydrogen (secondary N) is 1. The van der Waals surface area contributed by atoms with Gasteiger partial charge in [-0.1, -0.05) is 15.9 Å². The highest BCUT2D eigenvalue weighted by molar-refractivity contribution is 9.11. The van der Waals surface area contributed by atoms with Gasteiger partial charge in [0.25, 0.3) is 0 Å². The van der Waals surface area contributed by atoms with Crippen LogP contribution in [-0.4, -0.2) is 22.6 Å². The van der Waals surface area contributed by atoms with Gasteiger partial charge >= 0.3 is 5.97 Å². The molecule has 0 fully saturated rings. The molecule has 5 nitrogen and oxygen atoms in total. The molecule has 0 spiro atoms. The Balaban J connectivity index is 2.30. The van der Waals surface area contributed by atoms with Crippen molar-refractivity contribution in [2.45, 2.75) is 6.54 Å². The molecule has 1 aromatic carbocycles. The van der Waals surface area contributed by atoms with E-state index in [1.807, 2.05) is 23.9 Å². The van der Waals surface area contributed by atoms with Crippen LogP contribution in [0.2, 0.25) is 0 Å². The Hall–Kier alpha value is -1.34. The molecule has 7 heteroatoms. The first kappa shape index (κ1) is 15.1. The molecule has 0 amide bonds. The van der Waals surface area contributed by atoms with Gasteiger partial charge in [0.2, 0.25) is 0 Å². The van der Waals surface area contributed by atoms with Crippen LogP contribution >= 0.6 is 31.9 Å². The Morgan fingerprint density at radius 3 is 2.80 bits per heavy atom. The summed E-state index contributed by atoms with van der Waals surface area (Å²) >= 11 is 6.81. The van der Waals surface area contributed by atoms with Crippen molar-refractivity contribution >= 4 is 43.5 Å². The molecule has 20 heavy (non-hydrogen) atoms. The Morgan fingerprint density at radius 2 is 2.20 bits per heavy atom. The number of benzene rings is 1. The van der Waals surface area contributed by atoms with E-state index in [0.29, 0.717) is 17.8 Å². The zero-order valence-electron chi connectivity index (χ0n) is 11.0. The summed E-state index contributed by atoms with van der Waals surface area (Å²) in [6, 6.07) is 3.59. The molecule has 0 aliphatic carbocycles. The Labute approximate surface area is 133 Å². The van der Waals surface area contributed by atoms with Gasteiger partial charge in [0.1, 0.15) is 5.82 Å². The van der Waals surface area contributed by atoms with Crippen LogP contribution < -0.4 is 5.32 Å². The SMILES string of the molecule is COC(=O)c1cc(Br)cc(Br)c1NCc1nccn1C. The Kier molecular flexibility index (Phi) is 4.82. The number of carbonyl (C=O) groups excluding carboxylic acids is 1. The topological polar surface area (TPSA) is 56.1 Å². The van der Waals surface area contributed by atoms with Crippen LogP contribution in [0.4, 0.5) is 5.69 Å². The van der Waals surface area contributed by atoms with Crippen LogP contribution in [0.5, 0.6) is 0 Å². The van der Waals surface area contributed by atoms with E-state index in [0.717, 1.165) is 14.8 Å². The van der Waals surface area contributed by atoms with E-state index < -0.39 is 5.97 Å². The molecule has 2 rings (SSSR count). The van der Waals surface area contributed by atoms with Gasteiger partial charge in [-0.15, -0.1) is 0 Å². The van der Waals surface area contributed by atoms with E-state index in [2.05, 4.69) is 42.2 Å². The van der Waals surface area contributed by atoms with Crippen molar-refractivity contribution in [3.8, 4) is 0 Å². The molecule has 0 unspecified atom stereocenters. The number of imidazole rings is 1. The van der Waals surface area contributed by atoms with E-state index >= 15 is 0 Å². The molecular formula is C13H13Br2N3O2. The molecule has 1 heterocycles. The highest BCUT2D eigenvalue weighted by atomic mass is 79.9. The van der Waals surface area contributed by atoms with E-state index in [1.165, 1.54) is 7.11 Å². The third-order valence-corrected chi connectivity index (χ3v) is 3.89. The number of carbonyl (C=O) groups is 1. The number of esters is 1. The molecule has 2 aromatic rings. The van der Waals surface area contributed by atoms with Crippen LogP contribution in [0, 0.1) is 0 Å². The molecule has 0 radical (unpaired) electrons. The van der Waals surface area contributed by atoms with Gasteiger partial charge in [-0.2, -0.15) is 0 Å². The summed E-state index contributed by atoms with van der Waals surface area (Å²) in [5.41, 5.74) is 1.14. The zero-order valence-corrected chi connectivity index (χ0v) is 14.2. The van der Waals surface area contributed by atoms with Crippen molar-refractivity contribution in [1.29, 1.82) is 0 Å². The number of anilines is 1. The molecule has 0 aliphatic rings. The minimum Gasteiger partial charge on any atom is -0.465 e. The van der Waals surface area contributed by atoms with Gasteiger partial charge < -0.3 is 14.6 Å². The number of aromatic nitrogens is 2. The second kappa shape index (κ2) is 6.41. The monoisotopic (exact) mass is 401 g/mol. The van der Waals surface area contributed by atoms with E-state index in [4.69, 9.17) is 4.74 Å². The van der Waals surface area contributed by atoms with Crippen LogP contribution in [0.15, 0.2) is 33.5 Å². The summed E-state index contributed by atoms with van der Waals surface area (Å²) in [5, 5.41) is 3.22. The summed E-state index contributed by atoms with van der Waals surface area (Å²) in [7, 11) is 3.28. The third kappa shape index (κ3) is 3.21. The quantitative estimate of drug-likeness (QED) is 0.796. The molecule has 106 valence electrons. The number of rotatable bonds is 4. The zero-order chi connectivity index (χ0) is 14.7. The van der Waals surface area contributed by atoms with Crippen molar-refractivity contribution in [3.63, 3.8) is 0 Å². The van der Waals surface area contributed by atoms with E-state index in [-0.39, 0.29) is 0 Å². The minimum absolute atomic E-state index is 0.394. The van der Waals surface area contributed by atoms with Gasteiger partial charge in [0, 0.05) is 28.4 Å². The number of methoxy groups -OCH3 is 1. The van der Waals surface area contributed by atoms with Crippen LogP contribution in [0.25, 0.3) is 0 Å². The summed E-state index contributed by atoms with van der Waals surface area (Å²) < 4.78 is 8.30. The number of hydrogen-bond acceptors (Lipinski definition) is 4. The molecule has 0 saturated heterocycles. The van der Waals surface area contributed by atoms with Crippen molar-refractivity contribution in [2.24, 2.45) is 7.05 Å². The molecule has 0 aliphatic heterocycles. The van der Waals surface area contributed by atoms with E-state index in [9.17, 15) is 4.79 Å². The maximum absolute atomic E-state index is 11.8. The molecule has 1 aromatic heterocycles. The second-order valence-corrected chi connectivity index (χ2v) is 5.88. The number of ether oxygens (including phenoxy) is 1.